The molecule has 2 rings (SSSR count). The van der Waals surface area contributed by atoms with Crippen molar-refractivity contribution in [2.75, 3.05) is 7.05 Å². The van der Waals surface area contributed by atoms with Crippen molar-refractivity contribution in [3.05, 3.63) is 58.2 Å². The quantitative estimate of drug-likeness (QED) is 0.638. The Morgan fingerprint density at radius 1 is 1.38 bits per heavy atom. The van der Waals surface area contributed by atoms with Crippen LogP contribution in [0.25, 0.3) is 0 Å². The minimum atomic E-state index is -3.68. The van der Waals surface area contributed by atoms with Gasteiger partial charge in [-0.05, 0) is 0 Å². The van der Waals surface area contributed by atoms with Gasteiger partial charge in [0.1, 0.15) is 5.82 Å². The molecule has 0 saturated heterocycles. The van der Waals surface area contributed by atoms with Crippen LogP contribution in [0.4, 0.5) is 5.69 Å². The van der Waals surface area contributed by atoms with Crippen molar-refractivity contribution in [1.29, 1.82) is 0 Å². The summed E-state index contributed by atoms with van der Waals surface area (Å²) in [5, 5.41) is 10.9. The number of imidazole rings is 1. The highest BCUT2D eigenvalue weighted by Crippen LogP contribution is 2.21. The topological polar surface area (TPSA) is 109 Å². The maximum absolute atomic E-state index is 12.3. The summed E-state index contributed by atoms with van der Waals surface area (Å²) in [7, 11) is -2.27. The first kappa shape index (κ1) is 15.1. The van der Waals surface area contributed by atoms with Crippen molar-refractivity contribution in [3.63, 3.8) is 0 Å². The van der Waals surface area contributed by atoms with E-state index in [-0.39, 0.29) is 17.8 Å². The van der Waals surface area contributed by atoms with Gasteiger partial charge in [-0.15, -0.1) is 0 Å². The van der Waals surface area contributed by atoms with Gasteiger partial charge < -0.3 is 4.98 Å². The molecule has 0 fully saturated rings. The normalized spacial score (nSPS) is 11.7. The highest BCUT2D eigenvalue weighted by Gasteiger charge is 2.24. The number of H-pyrrole nitrogens is 1. The zero-order valence-electron chi connectivity index (χ0n) is 11.3. The molecule has 0 spiro atoms. The average Bonchev–Trinajstić information content (AvgIpc) is 2.91. The minimum Gasteiger partial charge on any atom is -0.347 e. The molecule has 0 aliphatic carbocycles. The van der Waals surface area contributed by atoms with Gasteiger partial charge >= 0.3 is 0 Å². The smallest absolute Gasteiger partial charge is 0.273 e. The summed E-state index contributed by atoms with van der Waals surface area (Å²) in [6.07, 6.45) is 3.12. The lowest BCUT2D eigenvalue weighted by atomic mass is 10.2. The van der Waals surface area contributed by atoms with Crippen LogP contribution >= 0.6 is 0 Å². The fourth-order valence-corrected chi connectivity index (χ4v) is 2.99. The second kappa shape index (κ2) is 6.02. The average molecular weight is 310 g/mol. The highest BCUT2D eigenvalue weighted by molar-refractivity contribution is 7.88. The first-order chi connectivity index (χ1) is 9.90. The molecule has 0 aliphatic heterocycles. The number of nitro groups is 1. The lowest BCUT2D eigenvalue weighted by molar-refractivity contribution is -0.385. The Morgan fingerprint density at radius 2 is 2.10 bits per heavy atom. The summed E-state index contributed by atoms with van der Waals surface area (Å²) in [5.41, 5.74) is -0.0405. The van der Waals surface area contributed by atoms with Crippen LogP contribution in [0.3, 0.4) is 0 Å². The largest absolute Gasteiger partial charge is 0.347 e. The van der Waals surface area contributed by atoms with Crippen molar-refractivity contribution < 1.29 is 13.3 Å². The van der Waals surface area contributed by atoms with Gasteiger partial charge in [0.25, 0.3) is 5.69 Å². The van der Waals surface area contributed by atoms with Gasteiger partial charge in [0.05, 0.1) is 17.2 Å². The molecular formula is C12H14N4O4S. The number of benzene rings is 1. The standard InChI is InChI=1S/C12H14N4O4S/c1-15(8-12-13-6-7-14-12)21(19,20)9-10-4-2-3-5-11(10)16(17)18/h2-7H,8-9H2,1H3,(H,13,14). The van der Waals surface area contributed by atoms with Gasteiger partial charge in [-0.3, -0.25) is 10.1 Å². The molecule has 0 bridgehead atoms. The predicted molar refractivity (Wildman–Crippen MR) is 75.8 cm³/mol. The minimum absolute atomic E-state index is 0.0793. The number of aromatic amines is 1. The van der Waals surface area contributed by atoms with Crippen molar-refractivity contribution in [1.82, 2.24) is 14.3 Å². The maximum Gasteiger partial charge on any atom is 0.273 e. The fraction of sp³-hybridized carbons (Fsp3) is 0.250. The van der Waals surface area contributed by atoms with Gasteiger partial charge in [-0.1, -0.05) is 18.2 Å². The van der Waals surface area contributed by atoms with Gasteiger partial charge in [0.2, 0.25) is 10.0 Å². The van der Waals surface area contributed by atoms with E-state index in [1.165, 1.54) is 31.4 Å². The highest BCUT2D eigenvalue weighted by atomic mass is 32.2. The van der Waals surface area contributed by atoms with E-state index in [0.717, 1.165) is 4.31 Å². The second-order valence-corrected chi connectivity index (χ2v) is 6.51. The van der Waals surface area contributed by atoms with Gasteiger partial charge in [0.15, 0.2) is 0 Å². The Hall–Kier alpha value is -2.26. The molecule has 1 N–H and O–H groups in total. The van der Waals surface area contributed by atoms with Gasteiger partial charge in [0, 0.05) is 31.1 Å². The third kappa shape index (κ3) is 3.64. The number of hydrogen-bond donors (Lipinski definition) is 1. The van der Waals surface area contributed by atoms with Crippen molar-refractivity contribution in [3.8, 4) is 0 Å². The van der Waals surface area contributed by atoms with Crippen LogP contribution in [-0.4, -0.2) is 34.7 Å². The summed E-state index contributed by atoms with van der Waals surface area (Å²) in [4.78, 5) is 17.1. The SMILES string of the molecule is CN(Cc1ncc[nH]1)S(=O)(=O)Cc1ccccc1[N+](=O)[O-]. The molecule has 0 radical (unpaired) electrons. The summed E-state index contributed by atoms with van der Waals surface area (Å²) < 4.78 is 25.6. The lowest BCUT2D eigenvalue weighted by Crippen LogP contribution is -2.28. The Kier molecular flexibility index (Phi) is 4.34. The summed E-state index contributed by atoms with van der Waals surface area (Å²) >= 11 is 0. The Bertz CT molecular complexity index is 727. The number of aromatic nitrogens is 2. The molecule has 1 aromatic heterocycles. The van der Waals surface area contributed by atoms with Gasteiger partial charge in [-0.25, -0.2) is 13.4 Å². The molecule has 0 unspecified atom stereocenters. The van der Waals surface area contributed by atoms with Crippen LogP contribution in [0.15, 0.2) is 36.7 Å². The molecular weight excluding hydrogens is 296 g/mol. The maximum atomic E-state index is 12.3. The van der Waals surface area contributed by atoms with E-state index < -0.39 is 20.7 Å². The van der Waals surface area contributed by atoms with E-state index in [9.17, 15) is 18.5 Å². The predicted octanol–water partition coefficient (Wildman–Crippen LogP) is 1.28. The summed E-state index contributed by atoms with van der Waals surface area (Å²) in [6.45, 7) is 0.0793. The molecule has 8 nitrogen and oxygen atoms in total. The second-order valence-electron chi connectivity index (χ2n) is 4.43. The monoisotopic (exact) mass is 310 g/mol. The Morgan fingerprint density at radius 3 is 2.71 bits per heavy atom. The van der Waals surface area contributed by atoms with Crippen LogP contribution in [0, 0.1) is 10.1 Å². The van der Waals surface area contributed by atoms with Crippen LogP contribution in [-0.2, 0) is 22.3 Å². The lowest BCUT2D eigenvalue weighted by Gasteiger charge is -2.15. The van der Waals surface area contributed by atoms with Crippen molar-refractivity contribution in [2.45, 2.75) is 12.3 Å². The first-order valence-electron chi connectivity index (χ1n) is 6.05. The van der Waals surface area contributed by atoms with Crippen molar-refractivity contribution in [2.24, 2.45) is 0 Å². The van der Waals surface area contributed by atoms with E-state index >= 15 is 0 Å². The van der Waals surface area contributed by atoms with Gasteiger partial charge in [-0.2, -0.15) is 4.31 Å². The molecule has 1 heterocycles. The van der Waals surface area contributed by atoms with Crippen LogP contribution in [0.2, 0.25) is 0 Å². The number of rotatable bonds is 6. The van der Waals surface area contributed by atoms with Crippen LogP contribution in [0.5, 0.6) is 0 Å². The third-order valence-corrected chi connectivity index (χ3v) is 4.68. The van der Waals surface area contributed by atoms with E-state index in [1.807, 2.05) is 0 Å². The number of hydrogen-bond acceptors (Lipinski definition) is 5. The zero-order chi connectivity index (χ0) is 15.5. The van der Waals surface area contributed by atoms with Crippen LogP contribution < -0.4 is 0 Å². The molecule has 1 aromatic carbocycles. The Labute approximate surface area is 121 Å². The number of nitro benzene ring substituents is 1. The fourth-order valence-electron chi connectivity index (χ4n) is 1.81. The summed E-state index contributed by atoms with van der Waals surface area (Å²) in [6, 6.07) is 5.80. The number of nitrogens with one attached hydrogen (secondary N) is 1. The third-order valence-electron chi connectivity index (χ3n) is 2.93. The van der Waals surface area contributed by atoms with E-state index in [0.29, 0.717) is 5.82 Å². The number of sulfonamides is 1. The Balaban J connectivity index is 2.19. The first-order valence-corrected chi connectivity index (χ1v) is 7.65. The van der Waals surface area contributed by atoms with E-state index in [4.69, 9.17) is 0 Å². The van der Waals surface area contributed by atoms with Crippen molar-refractivity contribution >= 4 is 15.7 Å². The molecule has 0 aliphatic rings. The van der Waals surface area contributed by atoms with E-state index in [1.54, 1.807) is 12.3 Å². The molecule has 0 amide bonds. The number of nitrogens with zero attached hydrogens (tertiary/aromatic N) is 3. The molecule has 0 atom stereocenters. The summed E-state index contributed by atoms with van der Waals surface area (Å²) in [5.74, 6) is 0.0742. The molecule has 21 heavy (non-hydrogen) atoms. The van der Waals surface area contributed by atoms with Crippen LogP contribution in [0.1, 0.15) is 11.4 Å². The van der Waals surface area contributed by atoms with E-state index in [2.05, 4.69) is 9.97 Å². The number of para-hydroxylation sites is 1. The molecule has 9 heteroatoms. The zero-order valence-corrected chi connectivity index (χ0v) is 12.1. The molecule has 2 aromatic rings. The molecule has 0 saturated carbocycles. The molecule has 112 valence electrons.